The highest BCUT2D eigenvalue weighted by molar-refractivity contribution is 5.70. The predicted molar refractivity (Wildman–Crippen MR) is 75.4 cm³/mol. The van der Waals surface area contributed by atoms with Crippen LogP contribution in [-0.2, 0) is 11.3 Å². The number of rotatable bonds is 9. The number of carbonyl (C=O) groups is 1. The van der Waals surface area contributed by atoms with Crippen molar-refractivity contribution >= 4 is 5.97 Å². The van der Waals surface area contributed by atoms with Crippen molar-refractivity contribution in [2.24, 2.45) is 11.8 Å². The van der Waals surface area contributed by atoms with E-state index in [-0.39, 0.29) is 5.75 Å². The number of hydrogen-bond acceptors (Lipinski definition) is 3. The van der Waals surface area contributed by atoms with Gasteiger partial charge in [-0.05, 0) is 30.0 Å². The standard InChI is InChI=1S/C15H21F2NO3/c1-10(2)6-12(14(19)20)9-18-8-11-4-3-5-13(7-11)21-15(16)17/h3-5,7,10,12,15,18H,6,8-9H2,1-2H3,(H,19,20). The third-order valence-electron chi connectivity index (χ3n) is 2.95. The molecule has 4 nitrogen and oxygen atoms in total. The quantitative estimate of drug-likeness (QED) is 0.736. The van der Waals surface area contributed by atoms with Crippen LogP contribution in [0.25, 0.3) is 0 Å². The first-order valence-electron chi connectivity index (χ1n) is 6.85. The van der Waals surface area contributed by atoms with Crippen molar-refractivity contribution in [2.75, 3.05) is 6.54 Å². The molecule has 0 saturated carbocycles. The van der Waals surface area contributed by atoms with Crippen LogP contribution >= 0.6 is 0 Å². The number of nitrogens with one attached hydrogen (secondary N) is 1. The molecule has 0 bridgehead atoms. The monoisotopic (exact) mass is 301 g/mol. The van der Waals surface area contributed by atoms with Crippen molar-refractivity contribution in [3.8, 4) is 5.75 Å². The number of ether oxygens (including phenoxy) is 1. The molecule has 21 heavy (non-hydrogen) atoms. The zero-order valence-corrected chi connectivity index (χ0v) is 12.2. The van der Waals surface area contributed by atoms with Crippen LogP contribution in [0, 0.1) is 11.8 Å². The topological polar surface area (TPSA) is 58.6 Å². The molecule has 0 amide bonds. The first-order chi connectivity index (χ1) is 9.88. The zero-order chi connectivity index (χ0) is 15.8. The number of carboxylic acid groups (broad SMARTS) is 1. The molecule has 0 aliphatic rings. The summed E-state index contributed by atoms with van der Waals surface area (Å²) in [6, 6.07) is 6.35. The fourth-order valence-corrected chi connectivity index (χ4v) is 2.06. The lowest BCUT2D eigenvalue weighted by Gasteiger charge is -2.15. The Morgan fingerprint density at radius 2 is 2.10 bits per heavy atom. The summed E-state index contributed by atoms with van der Waals surface area (Å²) < 4.78 is 28.6. The molecule has 0 heterocycles. The van der Waals surface area contributed by atoms with Gasteiger partial charge in [0.25, 0.3) is 0 Å². The third-order valence-corrected chi connectivity index (χ3v) is 2.95. The van der Waals surface area contributed by atoms with Gasteiger partial charge in [0.2, 0.25) is 0 Å². The number of carboxylic acids is 1. The lowest BCUT2D eigenvalue weighted by Crippen LogP contribution is -2.29. The highest BCUT2D eigenvalue weighted by atomic mass is 19.3. The number of alkyl halides is 2. The number of benzene rings is 1. The summed E-state index contributed by atoms with van der Waals surface area (Å²) in [5, 5.41) is 12.2. The summed E-state index contributed by atoms with van der Waals surface area (Å²) in [4.78, 5) is 11.1. The molecular weight excluding hydrogens is 280 g/mol. The van der Waals surface area contributed by atoms with Gasteiger partial charge in [0.1, 0.15) is 5.75 Å². The van der Waals surface area contributed by atoms with E-state index in [4.69, 9.17) is 5.11 Å². The summed E-state index contributed by atoms with van der Waals surface area (Å²) in [6.45, 7) is 1.84. The van der Waals surface area contributed by atoms with Crippen LogP contribution in [0.3, 0.4) is 0 Å². The van der Waals surface area contributed by atoms with Gasteiger partial charge in [-0.1, -0.05) is 26.0 Å². The van der Waals surface area contributed by atoms with Gasteiger partial charge < -0.3 is 15.2 Å². The Morgan fingerprint density at radius 3 is 2.67 bits per heavy atom. The molecule has 1 aromatic rings. The Hall–Kier alpha value is -1.69. The van der Waals surface area contributed by atoms with E-state index in [0.29, 0.717) is 25.4 Å². The second-order valence-corrected chi connectivity index (χ2v) is 5.32. The summed E-state index contributed by atoms with van der Waals surface area (Å²) in [7, 11) is 0. The lowest BCUT2D eigenvalue weighted by molar-refractivity contribution is -0.142. The Labute approximate surface area is 123 Å². The summed E-state index contributed by atoms with van der Waals surface area (Å²) in [6.07, 6.45) is 0.594. The van der Waals surface area contributed by atoms with E-state index in [0.717, 1.165) is 5.56 Å². The molecule has 118 valence electrons. The molecule has 0 aromatic heterocycles. The minimum absolute atomic E-state index is 0.0984. The molecular formula is C15H21F2NO3. The second-order valence-electron chi connectivity index (χ2n) is 5.32. The molecule has 0 radical (unpaired) electrons. The molecule has 0 spiro atoms. The molecule has 1 rings (SSSR count). The van der Waals surface area contributed by atoms with E-state index in [9.17, 15) is 13.6 Å². The van der Waals surface area contributed by atoms with Crippen molar-refractivity contribution < 1.29 is 23.4 Å². The first kappa shape index (κ1) is 17.4. The molecule has 0 aliphatic heterocycles. The maximum atomic E-state index is 12.1. The average Bonchev–Trinajstić information content (AvgIpc) is 2.36. The van der Waals surface area contributed by atoms with Gasteiger partial charge in [0, 0.05) is 13.1 Å². The van der Waals surface area contributed by atoms with Crippen molar-refractivity contribution in [3.05, 3.63) is 29.8 Å². The van der Waals surface area contributed by atoms with Crippen LogP contribution < -0.4 is 10.1 Å². The minimum Gasteiger partial charge on any atom is -0.481 e. The summed E-state index contributed by atoms with van der Waals surface area (Å²) in [5.41, 5.74) is 0.766. The lowest BCUT2D eigenvalue weighted by atomic mass is 9.97. The Morgan fingerprint density at radius 1 is 1.38 bits per heavy atom. The molecule has 1 aromatic carbocycles. The SMILES string of the molecule is CC(C)CC(CNCc1cccc(OC(F)F)c1)C(=O)O. The van der Waals surface area contributed by atoms with Crippen LogP contribution in [0.1, 0.15) is 25.8 Å². The Bertz CT molecular complexity index is 452. The molecule has 6 heteroatoms. The number of halogens is 2. The first-order valence-corrected chi connectivity index (χ1v) is 6.85. The smallest absolute Gasteiger partial charge is 0.387 e. The zero-order valence-electron chi connectivity index (χ0n) is 12.2. The van der Waals surface area contributed by atoms with E-state index in [2.05, 4.69) is 10.1 Å². The van der Waals surface area contributed by atoms with Crippen LogP contribution in [0.15, 0.2) is 24.3 Å². The van der Waals surface area contributed by atoms with Gasteiger partial charge in [0.15, 0.2) is 0 Å². The normalized spacial score (nSPS) is 12.7. The highest BCUT2D eigenvalue weighted by Gasteiger charge is 2.18. The van der Waals surface area contributed by atoms with E-state index in [1.54, 1.807) is 12.1 Å². The van der Waals surface area contributed by atoms with Gasteiger partial charge in [-0.15, -0.1) is 0 Å². The summed E-state index contributed by atoms with van der Waals surface area (Å²) >= 11 is 0. The second kappa shape index (κ2) is 8.56. The third kappa shape index (κ3) is 7.04. The minimum atomic E-state index is -2.85. The Kier molecular flexibility index (Phi) is 7.08. The Balaban J connectivity index is 2.49. The fourth-order valence-electron chi connectivity index (χ4n) is 2.06. The van der Waals surface area contributed by atoms with Crippen molar-refractivity contribution in [3.63, 3.8) is 0 Å². The van der Waals surface area contributed by atoms with Gasteiger partial charge in [0.05, 0.1) is 5.92 Å². The molecule has 0 fully saturated rings. The number of hydrogen-bond donors (Lipinski definition) is 2. The number of aliphatic carboxylic acids is 1. The van der Waals surface area contributed by atoms with E-state index >= 15 is 0 Å². The average molecular weight is 301 g/mol. The van der Waals surface area contributed by atoms with E-state index in [1.165, 1.54) is 12.1 Å². The van der Waals surface area contributed by atoms with Crippen molar-refractivity contribution in [2.45, 2.75) is 33.4 Å². The van der Waals surface area contributed by atoms with Crippen LogP contribution in [0.5, 0.6) is 5.75 Å². The van der Waals surface area contributed by atoms with Gasteiger partial charge in [-0.25, -0.2) is 0 Å². The van der Waals surface area contributed by atoms with Gasteiger partial charge in [-0.2, -0.15) is 8.78 Å². The maximum Gasteiger partial charge on any atom is 0.387 e. The van der Waals surface area contributed by atoms with Crippen molar-refractivity contribution in [1.82, 2.24) is 5.32 Å². The van der Waals surface area contributed by atoms with Crippen LogP contribution in [-0.4, -0.2) is 24.2 Å². The van der Waals surface area contributed by atoms with Crippen LogP contribution in [0.4, 0.5) is 8.78 Å². The van der Waals surface area contributed by atoms with E-state index in [1.807, 2.05) is 13.8 Å². The molecule has 2 N–H and O–H groups in total. The summed E-state index contributed by atoms with van der Waals surface area (Å²) in [5.74, 6) is -0.881. The molecule has 1 unspecified atom stereocenters. The highest BCUT2D eigenvalue weighted by Crippen LogP contribution is 2.16. The van der Waals surface area contributed by atoms with Crippen molar-refractivity contribution in [1.29, 1.82) is 0 Å². The van der Waals surface area contributed by atoms with Gasteiger partial charge in [-0.3, -0.25) is 4.79 Å². The molecule has 0 saturated heterocycles. The fraction of sp³-hybridized carbons (Fsp3) is 0.533. The predicted octanol–water partition coefficient (Wildman–Crippen LogP) is 3.12. The maximum absolute atomic E-state index is 12.1. The van der Waals surface area contributed by atoms with Crippen LogP contribution in [0.2, 0.25) is 0 Å². The van der Waals surface area contributed by atoms with E-state index < -0.39 is 18.5 Å². The van der Waals surface area contributed by atoms with Gasteiger partial charge >= 0.3 is 12.6 Å². The molecule has 0 aliphatic carbocycles. The largest absolute Gasteiger partial charge is 0.481 e. The molecule has 1 atom stereocenters.